The van der Waals surface area contributed by atoms with E-state index in [1.807, 2.05) is 0 Å². The van der Waals surface area contributed by atoms with Gasteiger partial charge in [0.25, 0.3) is 0 Å². The predicted molar refractivity (Wildman–Crippen MR) is 76.7 cm³/mol. The lowest BCUT2D eigenvalue weighted by Crippen LogP contribution is -2.43. The van der Waals surface area contributed by atoms with E-state index in [0.29, 0.717) is 29.9 Å². The third-order valence-corrected chi connectivity index (χ3v) is 5.88. The molecule has 0 bridgehead atoms. The van der Waals surface area contributed by atoms with Gasteiger partial charge in [0.2, 0.25) is 10.0 Å². The van der Waals surface area contributed by atoms with Gasteiger partial charge < -0.3 is 5.32 Å². The van der Waals surface area contributed by atoms with Gasteiger partial charge in [-0.25, -0.2) is 8.42 Å². The van der Waals surface area contributed by atoms with Crippen LogP contribution in [0.25, 0.3) is 0 Å². The van der Waals surface area contributed by atoms with Crippen molar-refractivity contribution in [3.05, 3.63) is 24.5 Å². The lowest BCUT2D eigenvalue weighted by Gasteiger charge is -2.32. The first-order chi connectivity index (χ1) is 9.66. The van der Waals surface area contributed by atoms with Gasteiger partial charge in [-0.15, -0.1) is 0 Å². The van der Waals surface area contributed by atoms with Gasteiger partial charge in [-0.3, -0.25) is 4.98 Å². The zero-order valence-corrected chi connectivity index (χ0v) is 12.3. The summed E-state index contributed by atoms with van der Waals surface area (Å²) in [5.74, 6) is 0.427. The van der Waals surface area contributed by atoms with Gasteiger partial charge in [0.1, 0.15) is 4.90 Å². The molecule has 1 saturated carbocycles. The molecule has 3 rings (SSSR count). The number of sulfonamides is 1. The van der Waals surface area contributed by atoms with Crippen LogP contribution >= 0.6 is 0 Å². The first-order valence-electron chi connectivity index (χ1n) is 7.30. The van der Waals surface area contributed by atoms with Gasteiger partial charge in [-0.05, 0) is 50.3 Å². The molecular formula is C14H21N3O2S. The highest BCUT2D eigenvalue weighted by atomic mass is 32.2. The highest BCUT2D eigenvalue weighted by Gasteiger charge is 2.31. The van der Waals surface area contributed by atoms with Crippen LogP contribution in [0, 0.1) is 5.92 Å². The van der Waals surface area contributed by atoms with Crippen LogP contribution in [0.2, 0.25) is 0 Å². The topological polar surface area (TPSA) is 62.3 Å². The van der Waals surface area contributed by atoms with Crippen molar-refractivity contribution in [1.82, 2.24) is 14.6 Å². The lowest BCUT2D eigenvalue weighted by molar-refractivity contribution is 0.259. The number of nitrogens with one attached hydrogen (secondary N) is 1. The number of hydrogen-bond acceptors (Lipinski definition) is 4. The van der Waals surface area contributed by atoms with E-state index >= 15 is 0 Å². The summed E-state index contributed by atoms with van der Waals surface area (Å²) in [6.07, 6.45) is 7.61. The Morgan fingerprint density at radius 2 is 2.20 bits per heavy atom. The molecule has 20 heavy (non-hydrogen) atoms. The van der Waals surface area contributed by atoms with E-state index in [1.54, 1.807) is 22.6 Å². The molecule has 110 valence electrons. The number of nitrogens with zero attached hydrogens (tertiary/aromatic N) is 2. The molecule has 1 N–H and O–H groups in total. The molecule has 0 aromatic carbocycles. The van der Waals surface area contributed by atoms with Crippen LogP contribution < -0.4 is 5.32 Å². The minimum Gasteiger partial charge on any atom is -0.314 e. The Balaban J connectivity index is 1.66. The molecule has 1 atom stereocenters. The first-order valence-corrected chi connectivity index (χ1v) is 8.74. The molecule has 1 unspecified atom stereocenters. The first kappa shape index (κ1) is 14.0. The molecule has 1 aliphatic carbocycles. The van der Waals surface area contributed by atoms with Crippen molar-refractivity contribution >= 4 is 10.0 Å². The summed E-state index contributed by atoms with van der Waals surface area (Å²) in [4.78, 5) is 4.22. The van der Waals surface area contributed by atoms with E-state index in [-0.39, 0.29) is 0 Å². The van der Waals surface area contributed by atoms with Gasteiger partial charge in [0, 0.05) is 31.5 Å². The molecule has 2 heterocycles. The van der Waals surface area contributed by atoms with Crippen molar-refractivity contribution in [2.24, 2.45) is 5.92 Å². The maximum atomic E-state index is 12.5. The predicted octanol–water partition coefficient (Wildman–Crippen LogP) is 1.23. The summed E-state index contributed by atoms with van der Waals surface area (Å²) in [5.41, 5.74) is 0. The third kappa shape index (κ3) is 3.19. The fourth-order valence-electron chi connectivity index (χ4n) is 2.68. The molecule has 0 amide bonds. The van der Waals surface area contributed by atoms with Crippen LogP contribution in [0.3, 0.4) is 0 Å². The van der Waals surface area contributed by atoms with Crippen molar-refractivity contribution < 1.29 is 8.42 Å². The van der Waals surface area contributed by atoms with Gasteiger partial charge in [0.15, 0.2) is 0 Å². The molecule has 6 heteroatoms. The van der Waals surface area contributed by atoms with Gasteiger partial charge in [-0.1, -0.05) is 0 Å². The fraction of sp³-hybridized carbons (Fsp3) is 0.643. The summed E-state index contributed by atoms with van der Waals surface area (Å²) in [7, 11) is -3.37. The largest absolute Gasteiger partial charge is 0.314 e. The quantitative estimate of drug-likeness (QED) is 0.887. The lowest BCUT2D eigenvalue weighted by atomic mass is 10.00. The average Bonchev–Trinajstić information content (AvgIpc) is 3.31. The van der Waals surface area contributed by atoms with Gasteiger partial charge >= 0.3 is 0 Å². The zero-order chi connectivity index (χ0) is 14.0. The minimum atomic E-state index is -3.37. The molecule has 1 saturated heterocycles. The van der Waals surface area contributed by atoms with Crippen molar-refractivity contribution in [3.63, 3.8) is 0 Å². The Hall–Kier alpha value is -0.980. The Kier molecular flexibility index (Phi) is 4.05. The second kappa shape index (κ2) is 5.79. The summed E-state index contributed by atoms with van der Waals surface area (Å²) in [5, 5.41) is 3.50. The standard InChI is InChI=1S/C14H21N3O2S/c18-20(19,14-4-1-7-15-10-14)17-8-2-3-12(11-17)9-16-13-5-6-13/h1,4,7,10,12-13,16H,2-3,5-6,8-9,11H2. The van der Waals surface area contributed by atoms with Crippen molar-refractivity contribution in [2.75, 3.05) is 19.6 Å². The van der Waals surface area contributed by atoms with Crippen LogP contribution in [-0.4, -0.2) is 43.4 Å². The van der Waals surface area contributed by atoms with Crippen LogP contribution in [-0.2, 0) is 10.0 Å². The summed E-state index contributed by atoms with van der Waals surface area (Å²) >= 11 is 0. The second-order valence-electron chi connectivity index (χ2n) is 5.74. The third-order valence-electron chi connectivity index (χ3n) is 4.03. The second-order valence-corrected chi connectivity index (χ2v) is 7.68. The molecule has 0 spiro atoms. The van der Waals surface area contributed by atoms with Crippen LogP contribution in [0.1, 0.15) is 25.7 Å². The maximum Gasteiger partial charge on any atom is 0.244 e. The number of pyridine rings is 1. The van der Waals surface area contributed by atoms with E-state index in [4.69, 9.17) is 0 Å². The number of piperidine rings is 1. The smallest absolute Gasteiger partial charge is 0.244 e. The monoisotopic (exact) mass is 295 g/mol. The Morgan fingerprint density at radius 3 is 2.90 bits per heavy atom. The van der Waals surface area contributed by atoms with Crippen molar-refractivity contribution in [2.45, 2.75) is 36.6 Å². The number of aromatic nitrogens is 1. The fourth-order valence-corrected chi connectivity index (χ4v) is 4.20. The van der Waals surface area contributed by atoms with E-state index in [0.717, 1.165) is 19.4 Å². The highest BCUT2D eigenvalue weighted by Crippen LogP contribution is 2.24. The van der Waals surface area contributed by atoms with Gasteiger partial charge in [0.05, 0.1) is 0 Å². The molecular weight excluding hydrogens is 274 g/mol. The molecule has 1 aliphatic heterocycles. The Morgan fingerprint density at radius 1 is 1.35 bits per heavy atom. The van der Waals surface area contributed by atoms with Crippen molar-refractivity contribution in [1.29, 1.82) is 0 Å². The minimum absolute atomic E-state index is 0.302. The molecule has 5 nitrogen and oxygen atoms in total. The summed E-state index contributed by atoms with van der Waals surface area (Å²) in [6, 6.07) is 3.97. The maximum absolute atomic E-state index is 12.5. The van der Waals surface area contributed by atoms with Gasteiger partial charge in [-0.2, -0.15) is 4.31 Å². The van der Waals surface area contributed by atoms with Crippen LogP contribution in [0.5, 0.6) is 0 Å². The molecule has 2 aliphatic rings. The SMILES string of the molecule is O=S(=O)(c1cccnc1)N1CCCC(CNC2CC2)C1. The normalized spacial score (nSPS) is 24.7. The summed E-state index contributed by atoms with van der Waals surface area (Å²) < 4.78 is 26.7. The van der Waals surface area contributed by atoms with E-state index in [2.05, 4.69) is 10.3 Å². The van der Waals surface area contributed by atoms with E-state index < -0.39 is 10.0 Å². The number of hydrogen-bond donors (Lipinski definition) is 1. The molecule has 0 radical (unpaired) electrons. The van der Waals surface area contributed by atoms with E-state index in [9.17, 15) is 8.42 Å². The van der Waals surface area contributed by atoms with Crippen LogP contribution in [0.4, 0.5) is 0 Å². The molecule has 1 aromatic rings. The van der Waals surface area contributed by atoms with Crippen molar-refractivity contribution in [3.8, 4) is 0 Å². The Labute approximate surface area is 120 Å². The molecule has 1 aromatic heterocycles. The highest BCUT2D eigenvalue weighted by molar-refractivity contribution is 7.89. The summed E-state index contributed by atoms with van der Waals surface area (Å²) in [6.45, 7) is 2.18. The Bertz CT molecular complexity index is 543. The average molecular weight is 295 g/mol. The number of rotatable bonds is 5. The van der Waals surface area contributed by atoms with Crippen LogP contribution in [0.15, 0.2) is 29.4 Å². The zero-order valence-electron chi connectivity index (χ0n) is 11.5. The molecule has 2 fully saturated rings. The van der Waals surface area contributed by atoms with E-state index in [1.165, 1.54) is 19.0 Å².